The predicted molar refractivity (Wildman–Crippen MR) is 80.5 cm³/mol. The van der Waals surface area contributed by atoms with Crippen LogP contribution in [0.5, 0.6) is 5.75 Å². The van der Waals surface area contributed by atoms with Crippen LogP contribution in [0.25, 0.3) is 0 Å². The van der Waals surface area contributed by atoms with Gasteiger partial charge in [0.15, 0.2) is 5.75 Å². The number of methoxy groups -OCH3 is 1. The van der Waals surface area contributed by atoms with Gasteiger partial charge in [0.1, 0.15) is 0 Å². The molecular formula is C15H18N2O6. The molecule has 1 amide bonds. The fraction of sp³-hybridized carbons (Fsp3) is 0.467. The van der Waals surface area contributed by atoms with Gasteiger partial charge in [0.05, 0.1) is 18.0 Å². The van der Waals surface area contributed by atoms with Crippen LogP contribution in [0.1, 0.15) is 23.7 Å². The third-order valence-electron chi connectivity index (χ3n) is 4.13. The molecule has 23 heavy (non-hydrogen) atoms. The van der Waals surface area contributed by atoms with Crippen molar-refractivity contribution in [3.05, 3.63) is 33.9 Å². The van der Waals surface area contributed by atoms with E-state index in [4.69, 9.17) is 9.84 Å². The number of ether oxygens (including phenoxy) is 1. The first-order valence-corrected chi connectivity index (χ1v) is 7.19. The first kappa shape index (κ1) is 16.7. The topological polar surface area (TPSA) is 110 Å². The fourth-order valence-corrected chi connectivity index (χ4v) is 2.84. The van der Waals surface area contributed by atoms with Gasteiger partial charge in [0.2, 0.25) is 0 Å². The van der Waals surface area contributed by atoms with Crippen molar-refractivity contribution >= 4 is 17.6 Å². The maximum absolute atomic E-state index is 12.5. The van der Waals surface area contributed by atoms with Crippen LogP contribution in [0.3, 0.4) is 0 Å². The molecule has 1 saturated heterocycles. The lowest BCUT2D eigenvalue weighted by Gasteiger charge is -2.35. The number of benzene rings is 1. The van der Waals surface area contributed by atoms with Gasteiger partial charge in [-0.1, -0.05) is 6.92 Å². The molecule has 0 spiro atoms. The van der Waals surface area contributed by atoms with E-state index in [-0.39, 0.29) is 28.8 Å². The number of hydrogen-bond acceptors (Lipinski definition) is 5. The quantitative estimate of drug-likeness (QED) is 0.668. The van der Waals surface area contributed by atoms with Gasteiger partial charge in [-0.15, -0.1) is 0 Å². The average molecular weight is 322 g/mol. The Morgan fingerprint density at radius 1 is 1.43 bits per heavy atom. The summed E-state index contributed by atoms with van der Waals surface area (Å²) in [6.07, 6.45) is 0.395. The molecule has 2 atom stereocenters. The molecule has 1 N–H and O–H groups in total. The predicted octanol–water partition coefficient (Wildman–Crippen LogP) is 1.79. The fourth-order valence-electron chi connectivity index (χ4n) is 2.84. The zero-order valence-electron chi connectivity index (χ0n) is 12.9. The number of carbonyl (C=O) groups excluding carboxylic acids is 1. The summed E-state index contributed by atoms with van der Waals surface area (Å²) in [7, 11) is 1.30. The molecule has 0 radical (unpaired) electrons. The summed E-state index contributed by atoms with van der Waals surface area (Å²) in [5.41, 5.74) is 0.0791. The van der Waals surface area contributed by atoms with E-state index < -0.39 is 16.8 Å². The van der Waals surface area contributed by atoms with Gasteiger partial charge in [-0.3, -0.25) is 19.7 Å². The highest BCUT2D eigenvalue weighted by Gasteiger charge is 2.33. The molecule has 1 aromatic rings. The number of nitro groups is 1. The van der Waals surface area contributed by atoms with E-state index in [1.165, 1.54) is 25.3 Å². The van der Waals surface area contributed by atoms with E-state index in [9.17, 15) is 19.7 Å². The molecule has 1 fully saturated rings. The Labute approximate surface area is 132 Å². The van der Waals surface area contributed by atoms with Gasteiger partial charge in [-0.05, 0) is 18.4 Å². The molecule has 2 rings (SSSR count). The summed E-state index contributed by atoms with van der Waals surface area (Å²) in [6.45, 7) is 2.49. The Kier molecular flexibility index (Phi) is 4.83. The number of nitro benzene ring substituents is 1. The van der Waals surface area contributed by atoms with Crippen LogP contribution in [0.4, 0.5) is 5.69 Å². The molecule has 0 bridgehead atoms. The SMILES string of the molecule is COc1cc(C(=O)N2CCC(C(=O)O)C(C)C2)ccc1[N+](=O)[O-]. The van der Waals surface area contributed by atoms with Gasteiger partial charge in [-0.25, -0.2) is 0 Å². The first-order valence-electron chi connectivity index (χ1n) is 7.19. The second-order valence-corrected chi connectivity index (χ2v) is 5.61. The van der Waals surface area contributed by atoms with Gasteiger partial charge in [-0.2, -0.15) is 0 Å². The zero-order chi connectivity index (χ0) is 17.1. The Morgan fingerprint density at radius 3 is 2.65 bits per heavy atom. The number of carboxylic acids is 1. The van der Waals surface area contributed by atoms with E-state index in [1.54, 1.807) is 11.8 Å². The molecule has 8 heteroatoms. The maximum Gasteiger partial charge on any atom is 0.310 e. The summed E-state index contributed by atoms with van der Waals surface area (Å²) >= 11 is 0. The number of piperidine rings is 1. The third-order valence-corrected chi connectivity index (χ3v) is 4.13. The number of carboxylic acid groups (broad SMARTS) is 1. The molecule has 8 nitrogen and oxygen atoms in total. The summed E-state index contributed by atoms with van der Waals surface area (Å²) in [4.78, 5) is 35.5. The van der Waals surface area contributed by atoms with Crippen molar-refractivity contribution in [1.29, 1.82) is 0 Å². The molecule has 1 aliphatic rings. The minimum atomic E-state index is -0.846. The molecule has 1 aromatic carbocycles. The average Bonchev–Trinajstić information content (AvgIpc) is 2.52. The van der Waals surface area contributed by atoms with Crippen molar-refractivity contribution in [1.82, 2.24) is 4.90 Å². The minimum Gasteiger partial charge on any atom is -0.490 e. The highest BCUT2D eigenvalue weighted by molar-refractivity contribution is 5.95. The molecule has 1 heterocycles. The molecule has 0 saturated carbocycles. The number of amides is 1. The largest absolute Gasteiger partial charge is 0.490 e. The summed E-state index contributed by atoms with van der Waals surface area (Å²) in [5.74, 6) is -1.71. The molecule has 1 aliphatic heterocycles. The lowest BCUT2D eigenvalue weighted by Crippen LogP contribution is -2.45. The molecular weight excluding hydrogens is 304 g/mol. The summed E-state index contributed by atoms with van der Waals surface area (Å²) < 4.78 is 4.96. The number of hydrogen-bond donors (Lipinski definition) is 1. The number of aliphatic carboxylic acids is 1. The smallest absolute Gasteiger partial charge is 0.310 e. The van der Waals surface area contributed by atoms with Gasteiger partial charge in [0.25, 0.3) is 5.91 Å². The van der Waals surface area contributed by atoms with Crippen molar-refractivity contribution in [2.45, 2.75) is 13.3 Å². The molecule has 0 aliphatic carbocycles. The van der Waals surface area contributed by atoms with E-state index in [0.29, 0.717) is 19.5 Å². The third kappa shape index (κ3) is 3.41. The van der Waals surface area contributed by atoms with Crippen molar-refractivity contribution < 1.29 is 24.4 Å². The number of carbonyl (C=O) groups is 2. The summed E-state index contributed by atoms with van der Waals surface area (Å²) in [5, 5.41) is 20.0. The van der Waals surface area contributed by atoms with E-state index >= 15 is 0 Å². The van der Waals surface area contributed by atoms with Gasteiger partial charge in [0, 0.05) is 30.8 Å². The lowest BCUT2D eigenvalue weighted by molar-refractivity contribution is -0.385. The van der Waals surface area contributed by atoms with Crippen LogP contribution in [0.15, 0.2) is 18.2 Å². The van der Waals surface area contributed by atoms with Gasteiger partial charge < -0.3 is 14.7 Å². The highest BCUT2D eigenvalue weighted by Crippen LogP contribution is 2.29. The van der Waals surface area contributed by atoms with E-state index in [2.05, 4.69) is 0 Å². The molecule has 124 valence electrons. The maximum atomic E-state index is 12.5. The van der Waals surface area contributed by atoms with Crippen molar-refractivity contribution in [2.24, 2.45) is 11.8 Å². The van der Waals surface area contributed by atoms with E-state index in [0.717, 1.165) is 0 Å². The highest BCUT2D eigenvalue weighted by atomic mass is 16.6. The normalized spacial score (nSPS) is 20.9. The Balaban J connectivity index is 2.18. The van der Waals surface area contributed by atoms with Crippen molar-refractivity contribution in [3.8, 4) is 5.75 Å². The van der Waals surface area contributed by atoms with Crippen LogP contribution in [-0.2, 0) is 4.79 Å². The Hall–Kier alpha value is -2.64. The van der Waals surface area contributed by atoms with Crippen LogP contribution in [0, 0.1) is 22.0 Å². The zero-order valence-corrected chi connectivity index (χ0v) is 12.9. The van der Waals surface area contributed by atoms with E-state index in [1.807, 2.05) is 0 Å². The van der Waals surface area contributed by atoms with Crippen molar-refractivity contribution in [3.63, 3.8) is 0 Å². The van der Waals surface area contributed by atoms with Crippen LogP contribution >= 0.6 is 0 Å². The Morgan fingerprint density at radius 2 is 2.13 bits per heavy atom. The summed E-state index contributed by atoms with van der Waals surface area (Å²) in [6, 6.07) is 3.96. The van der Waals surface area contributed by atoms with Crippen LogP contribution < -0.4 is 4.74 Å². The second-order valence-electron chi connectivity index (χ2n) is 5.61. The van der Waals surface area contributed by atoms with Crippen LogP contribution in [0.2, 0.25) is 0 Å². The van der Waals surface area contributed by atoms with Crippen molar-refractivity contribution in [2.75, 3.05) is 20.2 Å². The first-order chi connectivity index (χ1) is 10.8. The monoisotopic (exact) mass is 322 g/mol. The minimum absolute atomic E-state index is 0.0225. The standard InChI is InChI=1S/C15H18N2O6/c1-9-8-16(6-5-11(9)15(19)20)14(18)10-3-4-12(17(21)22)13(7-10)23-2/h3-4,7,9,11H,5-6,8H2,1-2H3,(H,19,20). The molecule has 0 aromatic heterocycles. The van der Waals surface area contributed by atoms with Gasteiger partial charge >= 0.3 is 11.7 Å². The Bertz CT molecular complexity index is 645. The molecule has 2 unspecified atom stereocenters. The number of rotatable bonds is 4. The lowest BCUT2D eigenvalue weighted by atomic mass is 9.87. The second kappa shape index (κ2) is 6.64. The number of likely N-dealkylation sites (tertiary alicyclic amines) is 1. The van der Waals surface area contributed by atoms with Crippen LogP contribution in [-0.4, -0.2) is 47.0 Å². The number of nitrogens with zero attached hydrogens (tertiary/aromatic N) is 2.